The summed E-state index contributed by atoms with van der Waals surface area (Å²) in [6.45, 7) is 11.7. The number of hydrogen-bond acceptors (Lipinski definition) is 11. The van der Waals surface area contributed by atoms with Crippen LogP contribution < -0.4 is 30.7 Å². The first-order valence-corrected chi connectivity index (χ1v) is 45.5. The Hall–Kier alpha value is -1.85. The maximum Gasteiger partial charge on any atom is 0.373 e. The second kappa shape index (κ2) is 71.7. The minimum Gasteiger partial charge on any atom is -0.490 e. The summed E-state index contributed by atoms with van der Waals surface area (Å²) in [6.07, 6.45) is 1.96. The second-order valence-corrected chi connectivity index (χ2v) is 33.3. The number of aliphatic hydroxyl groups excluding tert-OH is 1. The van der Waals surface area contributed by atoms with E-state index in [0.29, 0.717) is 26.3 Å². The Labute approximate surface area is 799 Å². The van der Waals surface area contributed by atoms with E-state index >= 15 is 0 Å². The molecule has 46 radical (unpaired) electrons. The zero-order valence-corrected chi connectivity index (χ0v) is 75.8. The van der Waals surface area contributed by atoms with Crippen LogP contribution in [-0.2, 0) is 35.3 Å². The summed E-state index contributed by atoms with van der Waals surface area (Å²) in [5.74, 6) is 0.827. The molecule has 0 saturated carbocycles. The van der Waals surface area contributed by atoms with Crippen LogP contribution in [0.5, 0.6) is 5.75 Å². The second-order valence-electron chi connectivity index (χ2n) is 32.5. The van der Waals surface area contributed by atoms with Gasteiger partial charge in [-0.15, -0.1) is 0 Å². The Bertz CT molecular complexity index is 3240. The monoisotopic (exact) mass is 1650 g/mol. The molecule has 1 aromatic heterocycles. The van der Waals surface area contributed by atoms with Crippen molar-refractivity contribution in [3.8, 4) is 5.75 Å². The summed E-state index contributed by atoms with van der Waals surface area (Å²) in [7, 11) is 145. The van der Waals surface area contributed by atoms with Gasteiger partial charge in [0.15, 0.2) is 0 Å². The average Bonchev–Trinajstić information content (AvgIpc) is 0.907. The Kier molecular flexibility index (Phi) is 68.4. The predicted molar refractivity (Wildman–Crippen MR) is 592 cm³/mol. The third-order valence-electron chi connectivity index (χ3n) is 22.0. The van der Waals surface area contributed by atoms with E-state index in [9.17, 15) is 4.79 Å². The number of unbranched alkanes of at least 4 members (excludes halogenated alkanes) is 12. The van der Waals surface area contributed by atoms with Gasteiger partial charge in [0.05, 0.1) is 30.8 Å². The van der Waals surface area contributed by atoms with Gasteiger partial charge in [0, 0.05) is 369 Å². The van der Waals surface area contributed by atoms with Gasteiger partial charge < -0.3 is 60.3 Å². The highest BCUT2D eigenvalue weighted by molar-refractivity contribution is 9.09. The molecule has 0 spiro atoms. The van der Waals surface area contributed by atoms with E-state index in [1.54, 1.807) is 20.0 Å². The molecular formula is C63H100B46BrN7O7. The number of hydrogen-bond donors (Lipinski definition) is 8. The third kappa shape index (κ3) is 50.8. The highest BCUT2D eigenvalue weighted by atomic mass is 79.9. The molecule has 6 rings (SSSR count). The fourth-order valence-corrected chi connectivity index (χ4v) is 16.3. The molecule has 574 valence electrons. The molecule has 2 heterocycles. The van der Waals surface area contributed by atoms with Crippen molar-refractivity contribution in [3.63, 3.8) is 0 Å². The van der Waals surface area contributed by atoms with E-state index in [1.165, 1.54) is 61.6 Å². The summed E-state index contributed by atoms with van der Waals surface area (Å²) >= 11 is 3.42. The van der Waals surface area contributed by atoms with Crippen LogP contribution in [0.4, 0.5) is 16.2 Å². The molecule has 0 aliphatic carbocycles. The molecule has 5 aromatic rings. The number of aliphatic hydroxyl groups is 1. The maximum atomic E-state index is 12.4. The number of alkyl halides is 1. The minimum absolute atomic E-state index is 0.185. The number of rotatable bonds is 59. The predicted octanol–water partition coefficient (Wildman–Crippen LogP) is -4.30. The number of nitrogens with zero attached hydrogens (tertiary/aromatic N) is 2. The van der Waals surface area contributed by atoms with Crippen LogP contribution in [0.3, 0.4) is 0 Å². The summed E-state index contributed by atoms with van der Waals surface area (Å²) < 4.78 is 17.2. The number of carbonyl (C=O) groups excluding carboxylic acids is 1. The van der Waals surface area contributed by atoms with Crippen molar-refractivity contribution in [2.75, 3.05) is 81.4 Å². The quantitative estimate of drug-likeness (QED) is 0.0107. The number of carbonyl (C=O) groups is 1. The number of urea groups is 1. The molecule has 61 heteroatoms. The maximum absolute atomic E-state index is 12.4. The van der Waals surface area contributed by atoms with Gasteiger partial charge in [-0.2, -0.15) is 0 Å². The number of fused-ring (bicyclic) bond motifs is 1. The van der Waals surface area contributed by atoms with Gasteiger partial charge >= 0.3 is 20.1 Å². The van der Waals surface area contributed by atoms with Crippen molar-refractivity contribution >= 4 is 359 Å². The number of aryl methyl sites for hydroxylation is 3. The molecule has 8 N–H and O–H groups in total. The topological polar surface area (TPSA) is 185 Å². The van der Waals surface area contributed by atoms with Crippen molar-refractivity contribution in [2.45, 2.75) is 155 Å². The summed E-state index contributed by atoms with van der Waals surface area (Å²) in [5, 5.41) is 39.2. The fraction of sp³-hybridized carbons (Fsp3) is 0.556. The number of H-pyrrole nitrogens is 1. The normalized spacial score (nSPS) is 10.8. The lowest BCUT2D eigenvalue weighted by Crippen LogP contribution is -2.93. The smallest absolute Gasteiger partial charge is 0.373 e. The standard InChI is InChI=1S/C29H39N5O3.C17H30BNO2.C10H13Br.C7H18BNO2.B44/c35-29(31-15-7-1-2-8-17-36-18-9-6-12-24-10-4-3-5-11-24)33-25-13-14-28-27(20-25)34(16-19-37-28)22-26-21-30-23-32-26;1-18(20)19-14-8-2-3-9-15-21-16-10-7-13-17-11-5-4-6-12-17;11-9-5-4-8-10-6-2-1-3-7-10;1-8(11)9-6-4-2-3-5-7-10;1-24(2)35(23)41(36(25(3)4)26(5)6)44(42(37(27(7)8)28(9)10)38(29(11)12)30(13)14)43(39(31(15)16)32(17)18)40(33(19)20)34(21)22/h3-5,10-11,13-14,20-21,23H,1-2,6-9,12,15-19,22H2,(H,30,32)(H2,31,33,35);4-6,11-12,19-20H,2-3,7-10,13-16H2,1H3;1-3,6-7H,4-5,8-9H2;9-11H,2-7H2,1H3;. The summed E-state index contributed by atoms with van der Waals surface area (Å²) in [5.41, 5.74) is 7.02. The zero-order chi connectivity index (χ0) is 92.3. The molecule has 0 bridgehead atoms. The van der Waals surface area contributed by atoms with Crippen molar-refractivity contribution < 1.29 is 34.2 Å². The van der Waals surface area contributed by atoms with Crippen LogP contribution in [-0.4, -0.2) is 428 Å². The van der Waals surface area contributed by atoms with Crippen LogP contribution in [0.25, 0.3) is 0 Å². The highest BCUT2D eigenvalue weighted by Crippen LogP contribution is 2.35. The van der Waals surface area contributed by atoms with Crippen LogP contribution in [0, 0.1) is 0 Å². The van der Waals surface area contributed by atoms with E-state index in [1.807, 2.05) is 24.4 Å². The molecule has 0 atom stereocenters. The molecular weight excluding hydrogens is 1540 g/mol. The van der Waals surface area contributed by atoms with Crippen LogP contribution in [0.15, 0.2) is 122 Å². The van der Waals surface area contributed by atoms with Gasteiger partial charge in [-0.05, 0) is 158 Å². The molecule has 2 amide bonds. The van der Waals surface area contributed by atoms with Gasteiger partial charge in [0.25, 0.3) is 0 Å². The van der Waals surface area contributed by atoms with E-state index in [0.717, 1.165) is 164 Å². The molecule has 124 heavy (non-hydrogen) atoms. The third-order valence-corrected chi connectivity index (χ3v) is 22.6. The molecule has 4 aromatic carbocycles. The number of nitrogens with one attached hydrogen (secondary N) is 5. The zero-order valence-electron chi connectivity index (χ0n) is 74.2. The fourth-order valence-electron chi connectivity index (χ4n) is 15.9. The van der Waals surface area contributed by atoms with E-state index in [-0.39, 0.29) is 13.1 Å². The Morgan fingerprint density at radius 2 is 0.798 bits per heavy atom. The summed E-state index contributed by atoms with van der Waals surface area (Å²) in [6, 6.07) is 37.5. The van der Waals surface area contributed by atoms with Gasteiger partial charge in [0.2, 0.25) is 0 Å². The van der Waals surface area contributed by atoms with E-state index < -0.39 is 141 Å². The molecule has 0 saturated heterocycles. The number of benzene rings is 4. The average molecular weight is 1640 g/mol. The first kappa shape index (κ1) is 118. The Balaban J connectivity index is 0.000000578. The SMILES string of the molecule is BrCCCCc1ccccc1.CB(O)NCCCCCCO.CB(O)NCCCCCCOCCCCc1ccccc1.O=C(NCCCCCCOCCCCc1ccccc1)Nc1ccc2c(c1)N(Cc1cnc[nH]1)CCO2.[B]B([B])B([B])B(B(B([B])[B])B([B])[B])B(B(B(B([B])[B])B([B])[B])B(B([B])[B])B([B])[B])B(B(B([B])[B])B([B])[B])B(B([B])[B])B([B])[B]. The number of anilines is 2. The number of aromatic nitrogens is 2. The largest absolute Gasteiger partial charge is 0.490 e. The van der Waals surface area contributed by atoms with Gasteiger partial charge in [-0.3, -0.25) is 0 Å². The molecule has 0 unspecified atom stereocenters. The Morgan fingerprint density at radius 1 is 0.444 bits per heavy atom. The number of halogens is 1. The van der Waals surface area contributed by atoms with Crippen LogP contribution >= 0.6 is 15.9 Å². The van der Waals surface area contributed by atoms with Crippen molar-refractivity contribution in [1.82, 2.24) is 25.7 Å². The van der Waals surface area contributed by atoms with E-state index in [4.69, 9.17) is 207 Å². The van der Waals surface area contributed by atoms with Gasteiger partial charge in [-0.25, -0.2) is 9.78 Å². The molecule has 1 aliphatic heterocycles. The Morgan fingerprint density at radius 3 is 1.15 bits per heavy atom. The molecule has 14 nitrogen and oxygen atoms in total. The van der Waals surface area contributed by atoms with Gasteiger partial charge in [-0.1, -0.05) is 145 Å². The van der Waals surface area contributed by atoms with E-state index in [2.05, 4.69) is 143 Å². The lowest BCUT2D eigenvalue weighted by atomic mass is 8.26. The van der Waals surface area contributed by atoms with Crippen LogP contribution in [0.2, 0.25) is 13.6 Å². The van der Waals surface area contributed by atoms with Gasteiger partial charge in [0.1, 0.15) is 12.4 Å². The number of amides is 2. The minimum atomic E-state index is -1.27. The van der Waals surface area contributed by atoms with Crippen molar-refractivity contribution in [1.29, 1.82) is 0 Å². The molecule has 1 aliphatic rings. The van der Waals surface area contributed by atoms with Crippen molar-refractivity contribution in [2.24, 2.45) is 0 Å². The lowest BCUT2D eigenvalue weighted by Gasteiger charge is -2.55. The number of ether oxygens (including phenoxy) is 3. The lowest BCUT2D eigenvalue weighted by molar-refractivity contribution is 0.126. The first-order chi connectivity index (χ1) is 59.2. The number of aromatic amines is 1. The summed E-state index contributed by atoms with van der Waals surface area (Å²) in [4.78, 5) is 21.8. The highest BCUT2D eigenvalue weighted by Gasteiger charge is 2.58. The first-order valence-electron chi connectivity index (χ1n) is 44.4. The van der Waals surface area contributed by atoms with Crippen molar-refractivity contribution in [3.05, 3.63) is 144 Å². The molecule has 0 fully saturated rings. The number of imidazole rings is 1. The van der Waals surface area contributed by atoms with Crippen LogP contribution in [0.1, 0.15) is 138 Å².